The van der Waals surface area contributed by atoms with Crippen molar-refractivity contribution in [3.63, 3.8) is 0 Å². The molecule has 0 saturated carbocycles. The first-order valence-corrected chi connectivity index (χ1v) is 7.01. The van der Waals surface area contributed by atoms with Gasteiger partial charge in [-0.05, 0) is 12.1 Å². The number of aliphatic imine (C=N–C) groups is 1. The zero-order valence-electron chi connectivity index (χ0n) is 12.1. The fourth-order valence-electron chi connectivity index (χ4n) is 2.95. The number of nitrogens with zero attached hydrogens (tertiary/aromatic N) is 2. The molecule has 116 valence electrons. The largest absolute Gasteiger partial charge is 0.480 e. The molecule has 1 saturated heterocycles. The first-order chi connectivity index (χ1) is 10.5. The van der Waals surface area contributed by atoms with Gasteiger partial charge in [0, 0.05) is 25.8 Å². The maximum absolute atomic E-state index is 12.5. The summed E-state index contributed by atoms with van der Waals surface area (Å²) in [5.74, 6) is -2.70. The summed E-state index contributed by atoms with van der Waals surface area (Å²) in [6.45, 7) is 0.840. The summed E-state index contributed by atoms with van der Waals surface area (Å²) < 4.78 is 5.28. The van der Waals surface area contributed by atoms with E-state index in [-0.39, 0.29) is 18.0 Å². The van der Waals surface area contributed by atoms with Crippen LogP contribution in [-0.2, 0) is 9.53 Å². The molecule has 2 aliphatic rings. The number of para-hydroxylation sites is 1. The number of nitrogens with two attached hydrogens (primary N) is 1. The van der Waals surface area contributed by atoms with Gasteiger partial charge < -0.3 is 20.5 Å². The third-order valence-corrected chi connectivity index (χ3v) is 4.11. The number of rotatable bonds is 2. The lowest BCUT2D eigenvalue weighted by atomic mass is 9.92. The summed E-state index contributed by atoms with van der Waals surface area (Å²) in [5.41, 5.74) is 6.82. The van der Waals surface area contributed by atoms with Crippen LogP contribution in [0.15, 0.2) is 29.3 Å². The molecule has 1 fully saturated rings. The van der Waals surface area contributed by atoms with E-state index in [4.69, 9.17) is 10.5 Å². The van der Waals surface area contributed by atoms with Crippen molar-refractivity contribution in [1.29, 1.82) is 0 Å². The van der Waals surface area contributed by atoms with E-state index in [9.17, 15) is 14.7 Å². The average Bonchev–Trinajstić information content (AvgIpc) is 2.87. The number of fused-ring (bicyclic) bond motifs is 1. The molecule has 3 N–H and O–H groups in total. The summed E-state index contributed by atoms with van der Waals surface area (Å²) in [6.07, 6.45) is -0.204. The van der Waals surface area contributed by atoms with Gasteiger partial charge in [-0.25, -0.2) is 4.99 Å². The molecule has 0 bridgehead atoms. The van der Waals surface area contributed by atoms with Gasteiger partial charge in [-0.2, -0.15) is 0 Å². The number of likely N-dealkylation sites (tertiary alicyclic amines) is 1. The normalized spacial score (nSPS) is 27.5. The molecule has 2 heterocycles. The Morgan fingerprint density at radius 2 is 2.14 bits per heavy atom. The van der Waals surface area contributed by atoms with Crippen LogP contribution in [0.5, 0.6) is 0 Å². The molecule has 0 radical (unpaired) electrons. The molecule has 0 amide bonds. The molecule has 7 heteroatoms. The van der Waals surface area contributed by atoms with Gasteiger partial charge in [0.1, 0.15) is 5.84 Å². The SMILES string of the molecule is CO[C@H]1CN(C2=Nc3ccccc3C(=O)C2C(=O)O)C[C@H]1N. The highest BCUT2D eigenvalue weighted by Gasteiger charge is 2.43. The van der Waals surface area contributed by atoms with Gasteiger partial charge in [0.15, 0.2) is 11.7 Å². The second-order valence-electron chi connectivity index (χ2n) is 5.47. The van der Waals surface area contributed by atoms with Gasteiger partial charge in [0.25, 0.3) is 0 Å². The molecule has 3 atom stereocenters. The van der Waals surface area contributed by atoms with Crippen LogP contribution in [0.2, 0.25) is 0 Å². The van der Waals surface area contributed by atoms with Crippen molar-refractivity contribution in [2.24, 2.45) is 16.6 Å². The van der Waals surface area contributed by atoms with E-state index in [1.807, 2.05) is 0 Å². The minimum Gasteiger partial charge on any atom is -0.480 e. The van der Waals surface area contributed by atoms with Crippen molar-refractivity contribution in [3.8, 4) is 0 Å². The Hall–Kier alpha value is -2.25. The fraction of sp³-hybridized carbons (Fsp3) is 0.400. The highest BCUT2D eigenvalue weighted by Crippen LogP contribution is 2.31. The molecule has 22 heavy (non-hydrogen) atoms. The van der Waals surface area contributed by atoms with Crippen molar-refractivity contribution in [2.75, 3.05) is 20.2 Å². The standard InChI is InChI=1S/C15H17N3O4/c1-22-11-7-18(6-9(11)16)14-12(15(20)21)13(19)8-4-2-3-5-10(8)17-14/h2-5,9,11-12H,6-7,16H2,1H3,(H,20,21)/t9-,11+,12?/m1/s1. The summed E-state index contributed by atoms with van der Waals surface area (Å²) in [4.78, 5) is 30.2. The van der Waals surface area contributed by atoms with E-state index in [0.717, 1.165) is 0 Å². The third-order valence-electron chi connectivity index (χ3n) is 4.11. The van der Waals surface area contributed by atoms with E-state index in [1.54, 1.807) is 36.3 Å². The monoisotopic (exact) mass is 303 g/mol. The molecule has 3 rings (SSSR count). The number of aliphatic carboxylic acids is 1. The third kappa shape index (κ3) is 2.28. The van der Waals surface area contributed by atoms with Crippen LogP contribution in [0.3, 0.4) is 0 Å². The highest BCUT2D eigenvalue weighted by molar-refractivity contribution is 6.26. The van der Waals surface area contributed by atoms with Crippen molar-refractivity contribution >= 4 is 23.3 Å². The van der Waals surface area contributed by atoms with E-state index >= 15 is 0 Å². The number of hydrogen-bond donors (Lipinski definition) is 2. The number of amidine groups is 1. The van der Waals surface area contributed by atoms with E-state index in [1.165, 1.54) is 0 Å². The molecule has 0 aliphatic carbocycles. The smallest absolute Gasteiger partial charge is 0.322 e. The number of methoxy groups -OCH3 is 1. The van der Waals surface area contributed by atoms with Crippen LogP contribution in [0.1, 0.15) is 10.4 Å². The first-order valence-electron chi connectivity index (χ1n) is 7.01. The molecular weight excluding hydrogens is 286 g/mol. The molecule has 1 unspecified atom stereocenters. The second-order valence-corrected chi connectivity index (χ2v) is 5.47. The predicted octanol–water partition coefficient (Wildman–Crippen LogP) is 0.272. The molecule has 0 aromatic heterocycles. The molecule has 1 aromatic rings. The highest BCUT2D eigenvalue weighted by atomic mass is 16.5. The zero-order valence-corrected chi connectivity index (χ0v) is 12.1. The lowest BCUT2D eigenvalue weighted by molar-refractivity contribution is -0.138. The van der Waals surface area contributed by atoms with Crippen molar-refractivity contribution in [1.82, 2.24) is 4.90 Å². The lowest BCUT2D eigenvalue weighted by Gasteiger charge is -2.28. The predicted molar refractivity (Wildman–Crippen MR) is 79.3 cm³/mol. The van der Waals surface area contributed by atoms with Crippen molar-refractivity contribution in [2.45, 2.75) is 12.1 Å². The van der Waals surface area contributed by atoms with Crippen LogP contribution in [0.4, 0.5) is 5.69 Å². The van der Waals surface area contributed by atoms with Gasteiger partial charge in [-0.1, -0.05) is 12.1 Å². The van der Waals surface area contributed by atoms with Crippen molar-refractivity contribution < 1.29 is 19.4 Å². The Kier molecular flexibility index (Phi) is 3.67. The number of ether oxygens (including phenoxy) is 1. The number of carbonyl (C=O) groups is 2. The van der Waals surface area contributed by atoms with Crippen LogP contribution in [-0.4, -0.2) is 59.9 Å². The van der Waals surface area contributed by atoms with Crippen LogP contribution in [0, 0.1) is 5.92 Å². The number of benzene rings is 1. The molecule has 2 aliphatic heterocycles. The summed E-state index contributed by atoms with van der Waals surface area (Å²) in [6, 6.07) is 6.52. The average molecular weight is 303 g/mol. The van der Waals surface area contributed by atoms with Crippen molar-refractivity contribution in [3.05, 3.63) is 29.8 Å². The molecule has 1 aromatic carbocycles. The number of carboxylic acids is 1. The summed E-state index contributed by atoms with van der Waals surface area (Å²) in [7, 11) is 1.56. The topological polar surface area (TPSA) is 105 Å². The molecular formula is C15H17N3O4. The minimum absolute atomic E-state index is 0.204. The van der Waals surface area contributed by atoms with Crippen LogP contribution >= 0.6 is 0 Å². The number of carbonyl (C=O) groups excluding carboxylic acids is 1. The van der Waals surface area contributed by atoms with Gasteiger partial charge >= 0.3 is 5.97 Å². The molecule has 7 nitrogen and oxygen atoms in total. The maximum Gasteiger partial charge on any atom is 0.322 e. The fourth-order valence-corrected chi connectivity index (χ4v) is 2.95. The number of Topliss-reactive ketones (excluding diaryl/α,β-unsaturated/α-hetero) is 1. The number of ketones is 1. The Morgan fingerprint density at radius 1 is 1.41 bits per heavy atom. The lowest BCUT2D eigenvalue weighted by Crippen LogP contribution is -2.44. The Morgan fingerprint density at radius 3 is 2.77 bits per heavy atom. The number of hydrogen-bond acceptors (Lipinski definition) is 6. The van der Waals surface area contributed by atoms with E-state index < -0.39 is 17.7 Å². The summed E-state index contributed by atoms with van der Waals surface area (Å²) >= 11 is 0. The maximum atomic E-state index is 12.5. The minimum atomic E-state index is -1.29. The van der Waals surface area contributed by atoms with Crippen LogP contribution < -0.4 is 5.73 Å². The summed E-state index contributed by atoms with van der Waals surface area (Å²) in [5, 5.41) is 9.46. The van der Waals surface area contributed by atoms with Gasteiger partial charge in [-0.15, -0.1) is 0 Å². The van der Waals surface area contributed by atoms with Gasteiger partial charge in [-0.3, -0.25) is 9.59 Å². The Bertz CT molecular complexity index is 658. The Labute approximate surface area is 127 Å². The molecule has 0 spiro atoms. The van der Waals surface area contributed by atoms with Gasteiger partial charge in [0.05, 0.1) is 17.8 Å². The zero-order chi connectivity index (χ0) is 15.9. The second kappa shape index (κ2) is 5.51. The van der Waals surface area contributed by atoms with E-state index in [2.05, 4.69) is 4.99 Å². The van der Waals surface area contributed by atoms with E-state index in [0.29, 0.717) is 24.3 Å². The number of carboxylic acid groups (broad SMARTS) is 1. The quantitative estimate of drug-likeness (QED) is 0.760. The van der Waals surface area contributed by atoms with Gasteiger partial charge in [0.2, 0.25) is 0 Å². The Balaban J connectivity index is 2.02. The first kappa shape index (κ1) is 14.7. The van der Waals surface area contributed by atoms with Crippen LogP contribution in [0.25, 0.3) is 0 Å².